The van der Waals surface area contributed by atoms with E-state index in [2.05, 4.69) is 38.1 Å². The molecule has 2 fully saturated rings. The lowest BCUT2D eigenvalue weighted by Gasteiger charge is -2.33. The number of carbonyl (C=O) groups excluding carboxylic acids is 1. The van der Waals surface area contributed by atoms with Gasteiger partial charge in [0.25, 0.3) is 0 Å². The number of carbonyl (C=O) groups is 1. The van der Waals surface area contributed by atoms with E-state index in [4.69, 9.17) is 4.74 Å². The van der Waals surface area contributed by atoms with Crippen LogP contribution in [0.25, 0.3) is 0 Å². The van der Waals surface area contributed by atoms with Crippen LogP contribution in [0.1, 0.15) is 19.4 Å². The third-order valence-corrected chi connectivity index (χ3v) is 5.20. The van der Waals surface area contributed by atoms with Crippen molar-refractivity contribution in [2.45, 2.75) is 32.0 Å². The molecule has 3 atom stereocenters. The first kappa shape index (κ1) is 13.8. The zero-order chi connectivity index (χ0) is 15.4. The number of allylic oxidation sites excluding steroid dienone is 2. The van der Waals surface area contributed by atoms with Crippen molar-refractivity contribution in [1.82, 2.24) is 4.90 Å². The lowest BCUT2D eigenvalue weighted by molar-refractivity contribution is -0.138. The number of hydrogen-bond donors (Lipinski definition) is 0. The summed E-state index contributed by atoms with van der Waals surface area (Å²) < 4.78 is 6.01. The second kappa shape index (κ2) is 4.56. The molecule has 2 aliphatic heterocycles. The molecule has 3 nitrogen and oxygen atoms in total. The quantitative estimate of drug-likeness (QED) is 0.839. The zero-order valence-electron chi connectivity index (χ0n) is 13.0. The minimum atomic E-state index is -0.502. The first-order valence-electron chi connectivity index (χ1n) is 7.90. The molecule has 1 aliphatic carbocycles. The van der Waals surface area contributed by atoms with Crippen LogP contribution in [0, 0.1) is 11.3 Å². The van der Waals surface area contributed by atoms with Crippen LogP contribution in [0.15, 0.2) is 54.6 Å². The highest BCUT2D eigenvalue weighted by molar-refractivity contribution is 5.90. The van der Waals surface area contributed by atoms with Gasteiger partial charge in [0.15, 0.2) is 0 Å². The van der Waals surface area contributed by atoms with Crippen LogP contribution >= 0.6 is 0 Å². The number of fused-ring (bicyclic) bond motifs is 3. The second-order valence-corrected chi connectivity index (χ2v) is 7.16. The monoisotopic (exact) mass is 295 g/mol. The van der Waals surface area contributed by atoms with Crippen molar-refractivity contribution in [3.63, 3.8) is 0 Å². The highest BCUT2D eigenvalue weighted by Gasteiger charge is 2.63. The Morgan fingerprint density at radius 1 is 1.23 bits per heavy atom. The maximum absolute atomic E-state index is 13.3. The smallest absolute Gasteiger partial charge is 0.236 e. The largest absolute Gasteiger partial charge is 0.355 e. The molecule has 3 heteroatoms. The summed E-state index contributed by atoms with van der Waals surface area (Å²) in [6.45, 7) is 4.79. The fraction of sp³-hybridized carbons (Fsp3) is 0.421. The van der Waals surface area contributed by atoms with Crippen LogP contribution in [0.5, 0.6) is 0 Å². The fourth-order valence-corrected chi connectivity index (χ4v) is 4.10. The normalized spacial score (nSPS) is 34.8. The van der Waals surface area contributed by atoms with Crippen LogP contribution in [0.4, 0.5) is 0 Å². The minimum Gasteiger partial charge on any atom is -0.355 e. The maximum atomic E-state index is 13.3. The Hall–Kier alpha value is -1.87. The van der Waals surface area contributed by atoms with Crippen molar-refractivity contribution < 1.29 is 9.53 Å². The molecule has 0 N–H and O–H groups in total. The molecule has 114 valence electrons. The van der Waals surface area contributed by atoms with E-state index in [0.29, 0.717) is 6.61 Å². The van der Waals surface area contributed by atoms with Crippen molar-refractivity contribution in [2.24, 2.45) is 11.3 Å². The van der Waals surface area contributed by atoms with Gasteiger partial charge < -0.3 is 9.64 Å². The summed E-state index contributed by atoms with van der Waals surface area (Å²) in [5, 5.41) is 0. The van der Waals surface area contributed by atoms with Gasteiger partial charge in [-0.1, -0.05) is 54.6 Å². The molecule has 0 saturated carbocycles. The Morgan fingerprint density at radius 2 is 2.00 bits per heavy atom. The minimum absolute atomic E-state index is 0.0898. The van der Waals surface area contributed by atoms with Gasteiger partial charge in [0, 0.05) is 5.92 Å². The van der Waals surface area contributed by atoms with Crippen LogP contribution < -0.4 is 0 Å². The molecule has 1 aromatic carbocycles. The highest BCUT2D eigenvalue weighted by Crippen LogP contribution is 2.52. The zero-order valence-corrected chi connectivity index (χ0v) is 13.0. The lowest BCUT2D eigenvalue weighted by Crippen LogP contribution is -2.47. The summed E-state index contributed by atoms with van der Waals surface area (Å²) in [7, 11) is 0. The number of nitrogens with zero attached hydrogens (tertiary/aromatic N) is 1. The molecule has 1 aromatic rings. The first-order chi connectivity index (χ1) is 10.5. The Labute approximate surface area is 131 Å². The van der Waals surface area contributed by atoms with E-state index < -0.39 is 5.41 Å². The summed E-state index contributed by atoms with van der Waals surface area (Å²) in [6.07, 6.45) is 8.88. The molecule has 0 unspecified atom stereocenters. The molecule has 22 heavy (non-hydrogen) atoms. The van der Waals surface area contributed by atoms with Gasteiger partial charge in [-0.3, -0.25) is 4.79 Å². The number of ether oxygens (including phenoxy) is 1. The van der Waals surface area contributed by atoms with Gasteiger partial charge in [-0.15, -0.1) is 0 Å². The number of benzene rings is 1. The third-order valence-electron chi connectivity index (χ3n) is 5.20. The van der Waals surface area contributed by atoms with E-state index in [-0.39, 0.29) is 23.6 Å². The molecule has 1 amide bonds. The molecule has 0 aromatic heterocycles. The predicted octanol–water partition coefficient (Wildman–Crippen LogP) is 2.93. The summed E-state index contributed by atoms with van der Waals surface area (Å²) >= 11 is 0. The van der Waals surface area contributed by atoms with Crippen LogP contribution in [-0.2, 0) is 16.0 Å². The van der Waals surface area contributed by atoms with E-state index >= 15 is 0 Å². The van der Waals surface area contributed by atoms with E-state index in [9.17, 15) is 4.79 Å². The molecular weight excluding hydrogens is 274 g/mol. The van der Waals surface area contributed by atoms with Gasteiger partial charge in [0.2, 0.25) is 5.91 Å². The van der Waals surface area contributed by atoms with Crippen molar-refractivity contribution in [3.05, 3.63) is 60.2 Å². The van der Waals surface area contributed by atoms with E-state index in [1.807, 2.05) is 35.3 Å². The molecule has 2 heterocycles. The van der Waals surface area contributed by atoms with Crippen LogP contribution in [0.2, 0.25) is 0 Å². The third kappa shape index (κ3) is 1.75. The van der Waals surface area contributed by atoms with Crippen LogP contribution in [-0.4, -0.2) is 29.2 Å². The van der Waals surface area contributed by atoms with Gasteiger partial charge in [-0.25, -0.2) is 0 Å². The molecule has 0 spiro atoms. The van der Waals surface area contributed by atoms with Gasteiger partial charge in [0.1, 0.15) is 6.23 Å². The van der Waals surface area contributed by atoms with E-state index in [1.165, 1.54) is 5.56 Å². The Kier molecular flexibility index (Phi) is 2.85. The number of rotatable bonds is 2. The molecule has 2 saturated heterocycles. The average molecular weight is 295 g/mol. The Bertz CT molecular complexity index is 661. The summed E-state index contributed by atoms with van der Waals surface area (Å²) in [5.41, 5.74) is 0.461. The molecule has 0 bridgehead atoms. The van der Waals surface area contributed by atoms with Crippen molar-refractivity contribution in [2.75, 3.05) is 6.61 Å². The lowest BCUT2D eigenvalue weighted by atomic mass is 9.70. The molecular formula is C19H21NO2. The summed E-state index contributed by atoms with van der Waals surface area (Å²) in [5.74, 6) is 0.293. The van der Waals surface area contributed by atoms with Gasteiger partial charge >= 0.3 is 0 Å². The van der Waals surface area contributed by atoms with Crippen molar-refractivity contribution in [1.29, 1.82) is 0 Å². The molecule has 4 rings (SSSR count). The second-order valence-electron chi connectivity index (χ2n) is 7.16. The average Bonchev–Trinajstić information content (AvgIpc) is 2.95. The Morgan fingerprint density at radius 3 is 2.77 bits per heavy atom. The molecule has 3 aliphatic rings. The van der Waals surface area contributed by atoms with Gasteiger partial charge in [0.05, 0.1) is 17.6 Å². The van der Waals surface area contributed by atoms with Crippen LogP contribution in [0.3, 0.4) is 0 Å². The van der Waals surface area contributed by atoms with Gasteiger partial charge in [-0.05, 0) is 25.8 Å². The van der Waals surface area contributed by atoms with E-state index in [1.54, 1.807) is 0 Å². The van der Waals surface area contributed by atoms with Gasteiger partial charge in [-0.2, -0.15) is 0 Å². The maximum Gasteiger partial charge on any atom is 0.236 e. The van der Waals surface area contributed by atoms with Crippen molar-refractivity contribution >= 4 is 5.91 Å². The number of hydrogen-bond acceptors (Lipinski definition) is 2. The first-order valence-corrected chi connectivity index (χ1v) is 7.90. The highest BCUT2D eigenvalue weighted by atomic mass is 16.5. The Balaban J connectivity index is 1.78. The SMILES string of the molecule is CC1(C)CO[C@H]2[C@H]3C=CC=C[C@@]3(Cc3ccccc3)C(=O)N21. The van der Waals surface area contributed by atoms with Crippen molar-refractivity contribution in [3.8, 4) is 0 Å². The standard InChI is InChI=1S/C19H21NO2/c1-18(2)13-22-16-15-10-6-7-11-19(15,17(21)20(16)18)12-14-8-4-3-5-9-14/h3-11,15-16H,12-13H2,1-2H3/t15-,16+,19+/m1/s1. The molecule has 0 radical (unpaired) electrons. The summed E-state index contributed by atoms with van der Waals surface area (Å²) in [6, 6.07) is 10.3. The summed E-state index contributed by atoms with van der Waals surface area (Å²) in [4.78, 5) is 15.3. The predicted molar refractivity (Wildman–Crippen MR) is 85.0 cm³/mol. The number of amides is 1. The van der Waals surface area contributed by atoms with E-state index in [0.717, 1.165) is 6.42 Å². The fourth-order valence-electron chi connectivity index (χ4n) is 4.10. The topological polar surface area (TPSA) is 29.5 Å².